The lowest BCUT2D eigenvalue weighted by molar-refractivity contribution is -0.120. The largest absolute Gasteiger partial charge is 0.350 e. The van der Waals surface area contributed by atoms with Gasteiger partial charge >= 0.3 is 0 Å². The zero-order valence-corrected chi connectivity index (χ0v) is 24.2. The van der Waals surface area contributed by atoms with Gasteiger partial charge in [-0.1, -0.05) is 57.0 Å². The fourth-order valence-electron chi connectivity index (χ4n) is 3.84. The number of carbonyl (C=O) groups is 3. The van der Waals surface area contributed by atoms with Gasteiger partial charge in [0.25, 0.3) is 17.7 Å². The van der Waals surface area contributed by atoms with E-state index in [0.717, 1.165) is 21.1 Å². The van der Waals surface area contributed by atoms with Gasteiger partial charge in [-0.05, 0) is 84.9 Å². The van der Waals surface area contributed by atoms with Crippen molar-refractivity contribution in [3.8, 4) is 0 Å². The molecular formula is C29H17BrCl2FN3O3S. The number of anilines is 3. The fourth-order valence-corrected chi connectivity index (χ4v) is 5.59. The summed E-state index contributed by atoms with van der Waals surface area (Å²) in [6, 6.07) is 23.6. The second kappa shape index (κ2) is 11.9. The molecule has 11 heteroatoms. The Hall–Kier alpha value is -3.63. The number of nitrogens with one attached hydrogen (secondary N) is 2. The highest BCUT2D eigenvalue weighted by Crippen LogP contribution is 2.38. The Labute approximate surface area is 251 Å². The van der Waals surface area contributed by atoms with Crippen molar-refractivity contribution in [2.24, 2.45) is 0 Å². The van der Waals surface area contributed by atoms with Gasteiger partial charge in [0.05, 0.1) is 16.3 Å². The van der Waals surface area contributed by atoms with Crippen molar-refractivity contribution in [2.45, 2.75) is 4.90 Å². The van der Waals surface area contributed by atoms with Gasteiger partial charge in [0, 0.05) is 25.8 Å². The summed E-state index contributed by atoms with van der Waals surface area (Å²) in [7, 11) is 0. The molecule has 0 radical (unpaired) electrons. The molecule has 3 amide bonds. The number of carbonyl (C=O) groups excluding carboxylic acids is 3. The highest BCUT2D eigenvalue weighted by atomic mass is 79.9. The predicted molar refractivity (Wildman–Crippen MR) is 160 cm³/mol. The molecule has 6 nitrogen and oxygen atoms in total. The number of hydrogen-bond acceptors (Lipinski definition) is 5. The number of nitrogens with zero attached hydrogens (tertiary/aromatic N) is 1. The monoisotopic (exact) mass is 655 g/mol. The maximum atomic E-state index is 13.6. The van der Waals surface area contributed by atoms with Gasteiger partial charge in [0.2, 0.25) is 0 Å². The number of thioether (sulfide) groups is 1. The Balaban J connectivity index is 1.45. The Morgan fingerprint density at radius 2 is 1.57 bits per heavy atom. The molecule has 1 aliphatic heterocycles. The number of rotatable bonds is 7. The quantitative estimate of drug-likeness (QED) is 0.196. The third-order valence-electron chi connectivity index (χ3n) is 5.73. The SMILES string of the molecule is O=C(Nc1cccc(SC2=C(Nc3ccc(Br)cc3)C(=O)N(c3ccc(F)cc3)C2=O)c1)c1ccc(Cl)cc1Cl. The van der Waals surface area contributed by atoms with E-state index in [1.165, 1.54) is 36.4 Å². The molecule has 0 aliphatic carbocycles. The van der Waals surface area contributed by atoms with Crippen molar-refractivity contribution in [1.29, 1.82) is 0 Å². The van der Waals surface area contributed by atoms with Crippen LogP contribution in [0.2, 0.25) is 10.0 Å². The van der Waals surface area contributed by atoms with E-state index in [1.807, 2.05) is 0 Å². The molecule has 0 saturated carbocycles. The highest BCUT2D eigenvalue weighted by molar-refractivity contribution is 9.10. The maximum absolute atomic E-state index is 13.6. The minimum atomic E-state index is -0.580. The summed E-state index contributed by atoms with van der Waals surface area (Å²) in [4.78, 5) is 41.6. The van der Waals surface area contributed by atoms with Crippen LogP contribution in [0.5, 0.6) is 0 Å². The van der Waals surface area contributed by atoms with Crippen LogP contribution in [0.15, 0.2) is 111 Å². The van der Waals surface area contributed by atoms with Gasteiger partial charge in [-0.15, -0.1) is 0 Å². The first kappa shape index (κ1) is 27.9. The standard InChI is InChI=1S/C29H17BrCl2FN3O3S/c30-16-4-9-19(10-5-16)34-25-26(29(39)36(28(25)38)21-11-7-18(33)8-12-21)40-22-3-1-2-20(15-22)35-27(37)23-13-6-17(31)14-24(23)32/h1-15,34H,(H,35,37). The van der Waals surface area contributed by atoms with Crippen LogP contribution in [0.1, 0.15) is 10.4 Å². The third kappa shape index (κ3) is 6.08. The van der Waals surface area contributed by atoms with Gasteiger partial charge in [-0.25, -0.2) is 9.29 Å². The van der Waals surface area contributed by atoms with Crippen molar-refractivity contribution in [1.82, 2.24) is 0 Å². The summed E-state index contributed by atoms with van der Waals surface area (Å²) >= 11 is 16.5. The van der Waals surface area contributed by atoms with E-state index in [9.17, 15) is 18.8 Å². The van der Waals surface area contributed by atoms with Gasteiger partial charge in [-0.2, -0.15) is 0 Å². The Kier molecular flexibility index (Phi) is 8.27. The molecule has 200 valence electrons. The molecule has 2 N–H and O–H groups in total. The van der Waals surface area contributed by atoms with Crippen molar-refractivity contribution < 1.29 is 18.8 Å². The van der Waals surface area contributed by atoms with Crippen molar-refractivity contribution in [3.63, 3.8) is 0 Å². The molecule has 0 unspecified atom stereocenters. The van der Waals surface area contributed by atoms with E-state index in [4.69, 9.17) is 23.2 Å². The topological polar surface area (TPSA) is 78.5 Å². The molecular weight excluding hydrogens is 640 g/mol. The van der Waals surface area contributed by atoms with Gasteiger partial charge in [0.15, 0.2) is 0 Å². The minimum absolute atomic E-state index is 0.0732. The van der Waals surface area contributed by atoms with E-state index < -0.39 is 23.5 Å². The summed E-state index contributed by atoms with van der Waals surface area (Å²) in [5.74, 6) is -2.07. The third-order valence-corrected chi connectivity index (χ3v) is 7.88. The minimum Gasteiger partial charge on any atom is -0.350 e. The maximum Gasteiger partial charge on any atom is 0.283 e. The summed E-state index contributed by atoms with van der Waals surface area (Å²) in [5.41, 5.74) is 1.61. The second-order valence-corrected chi connectivity index (χ2v) is 11.3. The van der Waals surface area contributed by atoms with Gasteiger partial charge in [-0.3, -0.25) is 14.4 Å². The fraction of sp³-hybridized carbons (Fsp3) is 0. The first-order valence-electron chi connectivity index (χ1n) is 11.6. The Morgan fingerprint density at radius 1 is 0.850 bits per heavy atom. The Morgan fingerprint density at radius 3 is 2.27 bits per heavy atom. The smallest absolute Gasteiger partial charge is 0.283 e. The molecule has 1 aliphatic rings. The van der Waals surface area contributed by atoms with Crippen LogP contribution in [-0.4, -0.2) is 17.7 Å². The lowest BCUT2D eigenvalue weighted by Crippen LogP contribution is -2.32. The number of hydrogen-bond donors (Lipinski definition) is 2. The van der Waals surface area contributed by atoms with Gasteiger partial charge < -0.3 is 10.6 Å². The van der Waals surface area contributed by atoms with Crippen LogP contribution in [0.3, 0.4) is 0 Å². The first-order valence-corrected chi connectivity index (χ1v) is 14.0. The van der Waals surface area contributed by atoms with Crippen molar-refractivity contribution in [3.05, 3.63) is 127 Å². The van der Waals surface area contributed by atoms with Gasteiger partial charge in [0.1, 0.15) is 16.4 Å². The van der Waals surface area contributed by atoms with E-state index in [0.29, 0.717) is 21.3 Å². The normalized spacial score (nSPS) is 13.2. The first-order chi connectivity index (χ1) is 19.2. The Bertz CT molecular complexity index is 1680. The summed E-state index contributed by atoms with van der Waals surface area (Å²) in [6.07, 6.45) is 0. The lowest BCUT2D eigenvalue weighted by Gasteiger charge is -2.15. The van der Waals surface area contributed by atoms with E-state index in [2.05, 4.69) is 26.6 Å². The average Bonchev–Trinajstić information content (AvgIpc) is 3.14. The van der Waals surface area contributed by atoms with E-state index in [-0.39, 0.29) is 26.9 Å². The van der Waals surface area contributed by atoms with Crippen LogP contribution < -0.4 is 15.5 Å². The number of benzene rings is 4. The van der Waals surface area contributed by atoms with Crippen LogP contribution >= 0.6 is 50.9 Å². The zero-order valence-electron chi connectivity index (χ0n) is 20.3. The molecule has 5 rings (SSSR count). The molecule has 0 atom stereocenters. The molecule has 40 heavy (non-hydrogen) atoms. The number of amides is 3. The van der Waals surface area contributed by atoms with E-state index >= 15 is 0 Å². The number of imide groups is 1. The summed E-state index contributed by atoms with van der Waals surface area (Å²) < 4.78 is 14.4. The molecule has 4 aromatic rings. The number of halogens is 4. The van der Waals surface area contributed by atoms with Crippen LogP contribution in [0.25, 0.3) is 0 Å². The second-order valence-electron chi connectivity index (χ2n) is 8.47. The van der Waals surface area contributed by atoms with Crippen LogP contribution in [0, 0.1) is 5.82 Å². The zero-order chi connectivity index (χ0) is 28.4. The molecule has 0 spiro atoms. The van der Waals surface area contributed by atoms with Crippen LogP contribution in [0.4, 0.5) is 21.5 Å². The average molecular weight is 657 g/mol. The lowest BCUT2D eigenvalue weighted by atomic mass is 10.2. The van der Waals surface area contributed by atoms with Crippen molar-refractivity contribution >= 4 is 85.7 Å². The molecule has 0 bridgehead atoms. The predicted octanol–water partition coefficient (Wildman–Crippen LogP) is 8.14. The summed E-state index contributed by atoms with van der Waals surface area (Å²) in [6.45, 7) is 0. The van der Waals surface area contributed by atoms with Crippen molar-refractivity contribution in [2.75, 3.05) is 15.5 Å². The molecule has 1 heterocycles. The molecule has 0 aromatic heterocycles. The molecule has 0 saturated heterocycles. The molecule has 4 aromatic carbocycles. The highest BCUT2D eigenvalue weighted by Gasteiger charge is 2.40. The summed E-state index contributed by atoms with van der Waals surface area (Å²) in [5, 5.41) is 6.47. The molecule has 0 fully saturated rings. The van der Waals surface area contributed by atoms with Crippen LogP contribution in [-0.2, 0) is 9.59 Å². The van der Waals surface area contributed by atoms with E-state index in [1.54, 1.807) is 54.6 Å².